The van der Waals surface area contributed by atoms with Gasteiger partial charge in [0, 0.05) is 25.2 Å². The van der Waals surface area contributed by atoms with Gasteiger partial charge in [-0.1, -0.05) is 18.2 Å². The van der Waals surface area contributed by atoms with Crippen molar-refractivity contribution in [1.82, 2.24) is 4.57 Å². The van der Waals surface area contributed by atoms with Gasteiger partial charge in [0.05, 0.1) is 5.52 Å². The smallest absolute Gasteiger partial charge is 0.408 e. The molecule has 0 N–H and O–H groups in total. The Morgan fingerprint density at radius 1 is 1.12 bits per heavy atom. The Labute approximate surface area is 146 Å². The van der Waals surface area contributed by atoms with E-state index in [-0.39, 0.29) is 12.3 Å². The van der Waals surface area contributed by atoms with E-state index >= 15 is 0 Å². The molecular weight excluding hydrogens is 316 g/mol. The molecule has 5 heteroatoms. The summed E-state index contributed by atoms with van der Waals surface area (Å²) in [5, 5.41) is 0. The zero-order valence-corrected chi connectivity index (χ0v) is 14.8. The highest BCUT2D eigenvalue weighted by Crippen LogP contribution is 2.20. The molecule has 5 nitrogen and oxygen atoms in total. The van der Waals surface area contributed by atoms with Crippen molar-refractivity contribution in [2.45, 2.75) is 33.7 Å². The fourth-order valence-corrected chi connectivity index (χ4v) is 3.18. The lowest BCUT2D eigenvalue weighted by Crippen LogP contribution is -2.32. The molecule has 130 valence electrons. The number of aryl methyl sites for hydroxylation is 3. The summed E-state index contributed by atoms with van der Waals surface area (Å²) in [7, 11) is 0. The van der Waals surface area contributed by atoms with Gasteiger partial charge >= 0.3 is 5.76 Å². The van der Waals surface area contributed by atoms with Crippen LogP contribution in [0.5, 0.6) is 0 Å². The maximum absolute atomic E-state index is 12.7. The van der Waals surface area contributed by atoms with E-state index in [9.17, 15) is 9.59 Å². The number of para-hydroxylation sites is 2. The monoisotopic (exact) mass is 338 g/mol. The normalized spacial score (nSPS) is 11.0. The number of carbonyl (C=O) groups is 1. The number of oxazole rings is 1. The molecule has 1 aromatic heterocycles. The van der Waals surface area contributed by atoms with Gasteiger partial charge in [-0.3, -0.25) is 9.36 Å². The van der Waals surface area contributed by atoms with Gasteiger partial charge in [0.1, 0.15) is 0 Å². The fraction of sp³-hybridized carbons (Fsp3) is 0.300. The van der Waals surface area contributed by atoms with Crippen molar-refractivity contribution >= 4 is 22.7 Å². The predicted octanol–water partition coefficient (Wildman–Crippen LogP) is 3.65. The Bertz CT molecular complexity index is 948. The number of benzene rings is 2. The molecule has 0 saturated carbocycles. The van der Waals surface area contributed by atoms with E-state index in [0.717, 1.165) is 22.3 Å². The third-order valence-corrected chi connectivity index (χ3v) is 4.26. The van der Waals surface area contributed by atoms with Crippen LogP contribution in [0, 0.1) is 13.8 Å². The van der Waals surface area contributed by atoms with Crippen molar-refractivity contribution in [2.24, 2.45) is 0 Å². The Balaban J connectivity index is 1.80. The number of anilines is 1. The summed E-state index contributed by atoms with van der Waals surface area (Å²) < 4.78 is 6.73. The van der Waals surface area contributed by atoms with Gasteiger partial charge < -0.3 is 9.32 Å². The van der Waals surface area contributed by atoms with E-state index in [1.54, 1.807) is 11.0 Å². The summed E-state index contributed by atoms with van der Waals surface area (Å²) in [6.07, 6.45) is 0.240. The summed E-state index contributed by atoms with van der Waals surface area (Å²) in [4.78, 5) is 26.5. The van der Waals surface area contributed by atoms with E-state index in [4.69, 9.17) is 4.42 Å². The molecular formula is C20H22N2O3. The standard InChI is InChI=1S/C20H22N2O3/c1-4-21(16-12-14(2)11-15(3)13-16)19(23)9-10-22-17-7-5-6-8-18(17)25-20(22)24/h5-8,11-13H,4,9-10H2,1-3H3. The zero-order chi connectivity index (χ0) is 18.0. The number of hydrogen-bond donors (Lipinski definition) is 0. The average Bonchev–Trinajstić information content (AvgIpc) is 2.88. The number of carbonyl (C=O) groups excluding carboxylic acids is 1. The van der Waals surface area contributed by atoms with Crippen molar-refractivity contribution in [3.8, 4) is 0 Å². The lowest BCUT2D eigenvalue weighted by molar-refractivity contribution is -0.118. The second-order valence-electron chi connectivity index (χ2n) is 6.22. The summed E-state index contributed by atoms with van der Waals surface area (Å²) >= 11 is 0. The molecule has 25 heavy (non-hydrogen) atoms. The molecule has 3 aromatic rings. The van der Waals surface area contributed by atoms with Crippen LogP contribution in [0.2, 0.25) is 0 Å². The fourth-order valence-electron chi connectivity index (χ4n) is 3.18. The van der Waals surface area contributed by atoms with Crippen molar-refractivity contribution in [3.05, 3.63) is 64.1 Å². The summed E-state index contributed by atoms with van der Waals surface area (Å²) in [5.74, 6) is -0.437. The molecule has 0 aliphatic carbocycles. The Kier molecular flexibility index (Phi) is 4.74. The van der Waals surface area contributed by atoms with Crippen LogP contribution in [-0.2, 0) is 11.3 Å². The van der Waals surface area contributed by atoms with Crippen molar-refractivity contribution in [3.63, 3.8) is 0 Å². The third-order valence-electron chi connectivity index (χ3n) is 4.26. The topological polar surface area (TPSA) is 55.5 Å². The second kappa shape index (κ2) is 6.97. The Morgan fingerprint density at radius 3 is 2.48 bits per heavy atom. The third kappa shape index (κ3) is 3.50. The van der Waals surface area contributed by atoms with E-state index < -0.39 is 5.76 Å². The molecule has 0 bridgehead atoms. The van der Waals surface area contributed by atoms with Crippen molar-refractivity contribution in [1.29, 1.82) is 0 Å². The van der Waals surface area contributed by atoms with Gasteiger partial charge in [-0.2, -0.15) is 0 Å². The van der Waals surface area contributed by atoms with E-state index in [2.05, 4.69) is 6.07 Å². The maximum Gasteiger partial charge on any atom is 0.419 e. The van der Waals surface area contributed by atoms with Crippen molar-refractivity contribution < 1.29 is 9.21 Å². The van der Waals surface area contributed by atoms with Gasteiger partial charge in [-0.15, -0.1) is 0 Å². The van der Waals surface area contributed by atoms with Gasteiger partial charge in [-0.05, 0) is 56.2 Å². The summed E-state index contributed by atoms with van der Waals surface area (Å²) in [6, 6.07) is 13.3. The van der Waals surface area contributed by atoms with Gasteiger partial charge in [0.25, 0.3) is 0 Å². The molecule has 0 aliphatic rings. The van der Waals surface area contributed by atoms with Gasteiger partial charge in [0.15, 0.2) is 5.58 Å². The first kappa shape index (κ1) is 17.0. The van der Waals surface area contributed by atoms with E-state index in [1.165, 1.54) is 4.57 Å². The molecule has 0 unspecified atom stereocenters. The van der Waals surface area contributed by atoms with Gasteiger partial charge in [0.2, 0.25) is 5.91 Å². The first-order chi connectivity index (χ1) is 12.0. The lowest BCUT2D eigenvalue weighted by Gasteiger charge is -2.22. The largest absolute Gasteiger partial charge is 0.419 e. The highest BCUT2D eigenvalue weighted by Gasteiger charge is 2.16. The molecule has 0 fully saturated rings. The molecule has 0 atom stereocenters. The Hall–Kier alpha value is -2.82. The predicted molar refractivity (Wildman–Crippen MR) is 99.0 cm³/mol. The number of rotatable bonds is 5. The number of aromatic nitrogens is 1. The van der Waals surface area contributed by atoms with Crippen LogP contribution in [0.4, 0.5) is 5.69 Å². The maximum atomic E-state index is 12.7. The highest BCUT2D eigenvalue weighted by atomic mass is 16.4. The number of fused-ring (bicyclic) bond motifs is 1. The summed E-state index contributed by atoms with van der Waals surface area (Å²) in [6.45, 7) is 6.88. The van der Waals surface area contributed by atoms with Crippen LogP contribution in [-0.4, -0.2) is 17.0 Å². The van der Waals surface area contributed by atoms with Crippen LogP contribution in [0.3, 0.4) is 0 Å². The molecule has 0 aliphatic heterocycles. The zero-order valence-electron chi connectivity index (χ0n) is 14.8. The number of amides is 1. The van der Waals surface area contributed by atoms with E-state index in [1.807, 2.05) is 51.1 Å². The SMILES string of the molecule is CCN(C(=O)CCn1c(=O)oc2ccccc21)c1cc(C)cc(C)c1. The molecule has 0 radical (unpaired) electrons. The van der Waals surface area contributed by atoms with Crippen LogP contribution >= 0.6 is 0 Å². The second-order valence-corrected chi connectivity index (χ2v) is 6.22. The minimum Gasteiger partial charge on any atom is -0.408 e. The molecule has 1 amide bonds. The van der Waals surface area contributed by atoms with Crippen molar-refractivity contribution in [2.75, 3.05) is 11.4 Å². The Morgan fingerprint density at radius 2 is 1.80 bits per heavy atom. The minimum absolute atomic E-state index is 0.00955. The molecule has 1 heterocycles. The molecule has 3 rings (SSSR count). The minimum atomic E-state index is -0.427. The van der Waals surface area contributed by atoms with E-state index in [0.29, 0.717) is 18.7 Å². The molecule has 0 spiro atoms. The van der Waals surface area contributed by atoms with Crippen LogP contribution < -0.4 is 10.7 Å². The van der Waals surface area contributed by atoms with Crippen LogP contribution in [0.1, 0.15) is 24.5 Å². The van der Waals surface area contributed by atoms with Gasteiger partial charge in [-0.25, -0.2) is 4.79 Å². The van der Waals surface area contributed by atoms with Crippen LogP contribution in [0.25, 0.3) is 11.1 Å². The molecule has 0 saturated heterocycles. The quantitative estimate of drug-likeness (QED) is 0.713. The van der Waals surface area contributed by atoms with Crippen LogP contribution in [0.15, 0.2) is 51.7 Å². The first-order valence-electron chi connectivity index (χ1n) is 8.46. The average molecular weight is 338 g/mol. The highest BCUT2D eigenvalue weighted by molar-refractivity contribution is 5.93. The number of hydrogen-bond acceptors (Lipinski definition) is 3. The number of nitrogens with zero attached hydrogens (tertiary/aromatic N) is 2. The lowest BCUT2D eigenvalue weighted by atomic mass is 10.1. The first-order valence-corrected chi connectivity index (χ1v) is 8.46. The molecule has 2 aromatic carbocycles. The summed E-state index contributed by atoms with van der Waals surface area (Å²) in [5.41, 5.74) is 4.40.